The van der Waals surface area contributed by atoms with Crippen LogP contribution in [0.5, 0.6) is 11.8 Å². The zero-order chi connectivity index (χ0) is 16.2. The molecule has 0 atom stereocenters. The summed E-state index contributed by atoms with van der Waals surface area (Å²) < 4.78 is 5.62. The van der Waals surface area contributed by atoms with Crippen LogP contribution in [0.15, 0.2) is 30.6 Å². The summed E-state index contributed by atoms with van der Waals surface area (Å²) >= 11 is 0. The first kappa shape index (κ1) is 15.0. The Balaban J connectivity index is 1.89. The number of rotatable bonds is 5. The Kier molecular flexibility index (Phi) is 4.18. The Labute approximate surface area is 133 Å². The summed E-state index contributed by atoms with van der Waals surface area (Å²) in [4.78, 5) is 27.9. The van der Waals surface area contributed by atoms with Gasteiger partial charge in [0.1, 0.15) is 5.52 Å². The number of aromatic nitrogens is 4. The maximum Gasteiger partial charge on any atom is 0.255 e. The Morgan fingerprint density at radius 3 is 2.96 bits per heavy atom. The summed E-state index contributed by atoms with van der Waals surface area (Å²) in [6.45, 7) is 4.49. The van der Waals surface area contributed by atoms with Gasteiger partial charge in [-0.2, -0.15) is 0 Å². The molecule has 2 N–H and O–H groups in total. The number of nitrogens with one attached hydrogen (secondary N) is 2. The number of nitrogens with zero attached hydrogens (tertiary/aromatic N) is 3. The molecule has 118 valence electrons. The van der Waals surface area contributed by atoms with Crippen LogP contribution in [0.2, 0.25) is 0 Å². The van der Waals surface area contributed by atoms with Crippen molar-refractivity contribution in [3.05, 3.63) is 41.9 Å². The molecular weight excluding hydrogens is 294 g/mol. The monoisotopic (exact) mass is 311 g/mol. The third kappa shape index (κ3) is 3.28. The Morgan fingerprint density at radius 1 is 1.30 bits per heavy atom. The fraction of sp³-hybridized carbons (Fsp3) is 0.250. The minimum absolute atomic E-state index is 0.182. The van der Waals surface area contributed by atoms with Crippen LogP contribution < -0.4 is 10.1 Å². The summed E-state index contributed by atoms with van der Waals surface area (Å²) in [7, 11) is 0. The van der Waals surface area contributed by atoms with Crippen LogP contribution >= 0.6 is 0 Å². The van der Waals surface area contributed by atoms with E-state index in [-0.39, 0.29) is 5.91 Å². The van der Waals surface area contributed by atoms with E-state index in [1.54, 1.807) is 12.3 Å². The zero-order valence-electron chi connectivity index (χ0n) is 13.0. The van der Waals surface area contributed by atoms with Crippen LogP contribution in [-0.2, 0) is 0 Å². The van der Waals surface area contributed by atoms with Gasteiger partial charge in [0.15, 0.2) is 5.65 Å². The van der Waals surface area contributed by atoms with Crippen molar-refractivity contribution in [2.24, 2.45) is 0 Å². The highest BCUT2D eigenvalue weighted by Crippen LogP contribution is 2.21. The normalized spacial score (nSPS) is 10.7. The molecule has 0 bridgehead atoms. The van der Waals surface area contributed by atoms with Crippen molar-refractivity contribution < 1.29 is 9.53 Å². The Morgan fingerprint density at radius 2 is 2.17 bits per heavy atom. The van der Waals surface area contributed by atoms with E-state index in [0.29, 0.717) is 35.0 Å². The number of aryl methyl sites for hydroxylation is 1. The molecule has 0 spiro atoms. The lowest BCUT2D eigenvalue weighted by Gasteiger charge is -2.05. The van der Waals surface area contributed by atoms with Gasteiger partial charge >= 0.3 is 0 Å². The molecule has 3 aromatic heterocycles. The van der Waals surface area contributed by atoms with Crippen LogP contribution in [0.1, 0.15) is 29.4 Å². The average molecular weight is 311 g/mol. The number of amides is 1. The third-order valence-electron chi connectivity index (χ3n) is 3.21. The summed E-state index contributed by atoms with van der Waals surface area (Å²) in [5.74, 6) is 0.546. The molecule has 3 aromatic rings. The predicted molar refractivity (Wildman–Crippen MR) is 85.6 cm³/mol. The highest BCUT2D eigenvalue weighted by atomic mass is 16.5. The van der Waals surface area contributed by atoms with Gasteiger partial charge in [0.05, 0.1) is 11.8 Å². The standard InChI is InChI=1S/C16H17N5O2/c1-3-7-17-16(22)11-8-18-15-14(11)21-13(9-19-15)23-12-6-4-5-10(2)20-12/h4-6,8-9H,3,7H2,1-2H3,(H,17,22)(H,18,19). The van der Waals surface area contributed by atoms with Gasteiger partial charge in [0, 0.05) is 24.5 Å². The van der Waals surface area contributed by atoms with Crippen LogP contribution in [-0.4, -0.2) is 32.4 Å². The van der Waals surface area contributed by atoms with Crippen molar-refractivity contribution in [2.45, 2.75) is 20.3 Å². The predicted octanol–water partition coefficient (Wildman–Crippen LogP) is 2.59. The third-order valence-corrected chi connectivity index (χ3v) is 3.21. The molecule has 0 fully saturated rings. The van der Waals surface area contributed by atoms with Crippen LogP contribution in [0.25, 0.3) is 11.2 Å². The first-order valence-electron chi connectivity index (χ1n) is 7.41. The van der Waals surface area contributed by atoms with Crippen molar-refractivity contribution in [3.63, 3.8) is 0 Å². The number of carbonyl (C=O) groups is 1. The van der Waals surface area contributed by atoms with Gasteiger partial charge < -0.3 is 15.0 Å². The molecule has 0 aliphatic heterocycles. The van der Waals surface area contributed by atoms with Gasteiger partial charge in [-0.1, -0.05) is 13.0 Å². The first-order chi connectivity index (χ1) is 11.2. The van der Waals surface area contributed by atoms with E-state index in [1.807, 2.05) is 26.0 Å². The number of hydrogen-bond acceptors (Lipinski definition) is 5. The zero-order valence-corrected chi connectivity index (χ0v) is 13.0. The van der Waals surface area contributed by atoms with E-state index in [0.717, 1.165) is 12.1 Å². The molecule has 23 heavy (non-hydrogen) atoms. The molecule has 0 radical (unpaired) electrons. The summed E-state index contributed by atoms with van der Waals surface area (Å²) in [6, 6.07) is 5.47. The second kappa shape index (κ2) is 6.43. The van der Waals surface area contributed by atoms with Crippen molar-refractivity contribution in [1.29, 1.82) is 0 Å². The molecule has 0 saturated heterocycles. The van der Waals surface area contributed by atoms with Gasteiger partial charge in [-0.3, -0.25) is 4.79 Å². The first-order valence-corrected chi connectivity index (χ1v) is 7.41. The highest BCUT2D eigenvalue weighted by Gasteiger charge is 2.15. The molecule has 0 aromatic carbocycles. The fourth-order valence-electron chi connectivity index (χ4n) is 2.11. The maximum atomic E-state index is 12.1. The number of carbonyl (C=O) groups excluding carboxylic acids is 1. The Bertz CT molecular complexity index is 843. The molecule has 3 rings (SSSR count). The minimum Gasteiger partial charge on any atom is -0.419 e. The van der Waals surface area contributed by atoms with E-state index in [9.17, 15) is 4.79 Å². The molecular formula is C16H17N5O2. The molecule has 1 amide bonds. The lowest BCUT2D eigenvalue weighted by molar-refractivity contribution is 0.0955. The van der Waals surface area contributed by atoms with Crippen molar-refractivity contribution in [3.8, 4) is 11.8 Å². The van der Waals surface area contributed by atoms with Crippen molar-refractivity contribution in [2.75, 3.05) is 6.54 Å². The molecule has 0 saturated carbocycles. The van der Waals surface area contributed by atoms with Crippen LogP contribution in [0.4, 0.5) is 0 Å². The summed E-state index contributed by atoms with van der Waals surface area (Å²) in [6.07, 6.45) is 3.97. The number of pyridine rings is 1. The van der Waals surface area contributed by atoms with Gasteiger partial charge in [-0.05, 0) is 19.4 Å². The number of fused-ring (bicyclic) bond motifs is 1. The smallest absolute Gasteiger partial charge is 0.255 e. The van der Waals surface area contributed by atoms with Gasteiger partial charge in [0.25, 0.3) is 5.91 Å². The molecule has 0 aliphatic carbocycles. The van der Waals surface area contributed by atoms with Crippen LogP contribution in [0, 0.1) is 6.92 Å². The average Bonchev–Trinajstić information content (AvgIpc) is 2.96. The van der Waals surface area contributed by atoms with E-state index in [4.69, 9.17) is 4.74 Å². The van der Waals surface area contributed by atoms with E-state index in [2.05, 4.69) is 25.3 Å². The molecule has 7 nitrogen and oxygen atoms in total. The molecule has 7 heteroatoms. The highest BCUT2D eigenvalue weighted by molar-refractivity contribution is 6.04. The van der Waals surface area contributed by atoms with E-state index in [1.165, 1.54) is 6.20 Å². The quantitative estimate of drug-likeness (QED) is 0.755. The molecule has 0 unspecified atom stereocenters. The SMILES string of the molecule is CCCNC(=O)c1c[nH]c2ncc(Oc3cccc(C)n3)nc12. The number of H-pyrrole nitrogens is 1. The number of hydrogen-bond donors (Lipinski definition) is 2. The lowest BCUT2D eigenvalue weighted by Crippen LogP contribution is -2.23. The molecule has 3 heterocycles. The number of aromatic amines is 1. The largest absolute Gasteiger partial charge is 0.419 e. The summed E-state index contributed by atoms with van der Waals surface area (Å²) in [5, 5.41) is 2.82. The van der Waals surface area contributed by atoms with Crippen molar-refractivity contribution >= 4 is 17.1 Å². The number of ether oxygens (including phenoxy) is 1. The van der Waals surface area contributed by atoms with Crippen molar-refractivity contribution in [1.82, 2.24) is 25.3 Å². The maximum absolute atomic E-state index is 12.1. The van der Waals surface area contributed by atoms with E-state index < -0.39 is 0 Å². The lowest BCUT2D eigenvalue weighted by atomic mass is 10.3. The summed E-state index contributed by atoms with van der Waals surface area (Å²) in [5.41, 5.74) is 2.31. The van der Waals surface area contributed by atoms with Gasteiger partial charge in [-0.25, -0.2) is 15.0 Å². The minimum atomic E-state index is -0.182. The molecule has 0 aliphatic rings. The second-order valence-corrected chi connectivity index (χ2v) is 5.08. The van der Waals surface area contributed by atoms with Crippen LogP contribution in [0.3, 0.4) is 0 Å². The second-order valence-electron chi connectivity index (χ2n) is 5.08. The van der Waals surface area contributed by atoms with Gasteiger partial charge in [0.2, 0.25) is 11.8 Å². The topological polar surface area (TPSA) is 92.8 Å². The van der Waals surface area contributed by atoms with E-state index >= 15 is 0 Å². The van der Waals surface area contributed by atoms with Gasteiger partial charge in [-0.15, -0.1) is 0 Å². The fourth-order valence-corrected chi connectivity index (χ4v) is 2.11. The Hall–Kier alpha value is -2.96.